The maximum atomic E-state index is 12.6. The maximum Gasteiger partial charge on any atom is 0.255 e. The molecule has 6 nitrogen and oxygen atoms in total. The molecule has 1 saturated carbocycles. The molecule has 1 aliphatic carbocycles. The highest BCUT2D eigenvalue weighted by molar-refractivity contribution is 5.97. The van der Waals surface area contributed by atoms with E-state index >= 15 is 0 Å². The van der Waals surface area contributed by atoms with Crippen LogP contribution in [-0.2, 0) is 4.79 Å². The number of carbonyl (C=O) groups excluding carboxylic acids is 2. The topological polar surface area (TPSA) is 75.2 Å². The third-order valence-electron chi connectivity index (χ3n) is 5.76. The molecule has 1 N–H and O–H groups in total. The standard InChI is InChI=1S/C21H24N4O2/c1-15(20(27)25-11-9-21(7-8-21)10-12-25)24-19(26)17-13-22-18(23-14-17)16-5-3-2-4-6-16/h2-6,13-15H,7-12H2,1H3,(H,24,26)/t15-/m0/s1. The van der Waals surface area contributed by atoms with Crippen molar-refractivity contribution < 1.29 is 9.59 Å². The molecule has 1 aromatic heterocycles. The molecular formula is C21H24N4O2. The zero-order valence-electron chi connectivity index (χ0n) is 15.5. The van der Waals surface area contributed by atoms with Crippen molar-refractivity contribution in [2.75, 3.05) is 13.1 Å². The van der Waals surface area contributed by atoms with Crippen molar-refractivity contribution in [2.45, 2.75) is 38.6 Å². The van der Waals surface area contributed by atoms with E-state index in [0.29, 0.717) is 16.8 Å². The lowest BCUT2D eigenvalue weighted by molar-refractivity contribution is -0.134. The smallest absolute Gasteiger partial charge is 0.255 e. The largest absolute Gasteiger partial charge is 0.341 e. The summed E-state index contributed by atoms with van der Waals surface area (Å²) >= 11 is 0. The van der Waals surface area contributed by atoms with Crippen LogP contribution in [0.3, 0.4) is 0 Å². The maximum absolute atomic E-state index is 12.6. The number of carbonyl (C=O) groups is 2. The fourth-order valence-electron chi connectivity index (χ4n) is 3.68. The van der Waals surface area contributed by atoms with Gasteiger partial charge in [-0.1, -0.05) is 30.3 Å². The summed E-state index contributed by atoms with van der Waals surface area (Å²) in [6.07, 6.45) is 7.79. The molecule has 1 atom stereocenters. The molecule has 1 aliphatic heterocycles. The van der Waals surface area contributed by atoms with E-state index < -0.39 is 6.04 Å². The van der Waals surface area contributed by atoms with Crippen LogP contribution < -0.4 is 5.32 Å². The molecule has 0 radical (unpaired) electrons. The number of hydrogen-bond acceptors (Lipinski definition) is 4. The summed E-state index contributed by atoms with van der Waals surface area (Å²) in [5.74, 6) is 0.227. The lowest BCUT2D eigenvalue weighted by Gasteiger charge is -2.33. The van der Waals surface area contributed by atoms with Gasteiger partial charge in [0.15, 0.2) is 5.82 Å². The van der Waals surface area contributed by atoms with E-state index in [1.165, 1.54) is 25.2 Å². The van der Waals surface area contributed by atoms with E-state index in [2.05, 4.69) is 15.3 Å². The Bertz CT molecular complexity index is 821. The molecule has 6 heteroatoms. The van der Waals surface area contributed by atoms with Gasteiger partial charge in [-0.3, -0.25) is 9.59 Å². The van der Waals surface area contributed by atoms with Crippen LogP contribution in [0.15, 0.2) is 42.7 Å². The summed E-state index contributed by atoms with van der Waals surface area (Å²) in [6, 6.07) is 9.03. The van der Waals surface area contributed by atoms with E-state index in [4.69, 9.17) is 0 Å². The van der Waals surface area contributed by atoms with Crippen molar-refractivity contribution in [3.8, 4) is 11.4 Å². The number of amides is 2. The molecule has 2 amide bonds. The van der Waals surface area contributed by atoms with Crippen LogP contribution in [0.1, 0.15) is 43.0 Å². The Kier molecular flexibility index (Phi) is 4.64. The van der Waals surface area contributed by atoms with Crippen LogP contribution in [0.25, 0.3) is 11.4 Å². The first-order chi connectivity index (χ1) is 13.1. The van der Waals surface area contributed by atoms with Crippen LogP contribution in [-0.4, -0.2) is 45.8 Å². The Labute approximate surface area is 159 Å². The molecule has 140 valence electrons. The molecule has 1 spiro atoms. The molecule has 2 heterocycles. The summed E-state index contributed by atoms with van der Waals surface area (Å²) in [7, 11) is 0. The van der Waals surface area contributed by atoms with Gasteiger partial charge in [0.25, 0.3) is 5.91 Å². The first-order valence-corrected chi connectivity index (χ1v) is 9.53. The number of piperidine rings is 1. The third-order valence-corrected chi connectivity index (χ3v) is 5.76. The van der Waals surface area contributed by atoms with Gasteiger partial charge in [-0.15, -0.1) is 0 Å². The SMILES string of the molecule is C[C@H](NC(=O)c1cnc(-c2ccccc2)nc1)C(=O)N1CCC2(CC1)CC2. The number of nitrogens with zero attached hydrogens (tertiary/aromatic N) is 3. The molecule has 1 saturated heterocycles. The Hall–Kier alpha value is -2.76. The molecule has 2 fully saturated rings. The molecule has 4 rings (SSSR count). The van der Waals surface area contributed by atoms with Crippen LogP contribution in [0.2, 0.25) is 0 Å². The highest BCUT2D eigenvalue weighted by atomic mass is 16.2. The van der Waals surface area contributed by atoms with Crippen LogP contribution in [0, 0.1) is 5.41 Å². The molecule has 2 aliphatic rings. The minimum absolute atomic E-state index is 0.0133. The molecular weight excluding hydrogens is 340 g/mol. The van der Waals surface area contributed by atoms with Gasteiger partial charge in [-0.2, -0.15) is 0 Å². The Morgan fingerprint density at radius 2 is 1.67 bits per heavy atom. The van der Waals surface area contributed by atoms with Crippen molar-refractivity contribution in [1.29, 1.82) is 0 Å². The van der Waals surface area contributed by atoms with E-state index in [0.717, 1.165) is 31.5 Å². The predicted molar refractivity (Wildman–Crippen MR) is 102 cm³/mol. The molecule has 1 aromatic carbocycles. The zero-order chi connectivity index (χ0) is 18.9. The van der Waals surface area contributed by atoms with Gasteiger partial charge >= 0.3 is 0 Å². The highest BCUT2D eigenvalue weighted by Crippen LogP contribution is 2.53. The third kappa shape index (κ3) is 3.84. The Balaban J connectivity index is 1.34. The van der Waals surface area contributed by atoms with Crippen molar-refractivity contribution in [3.05, 3.63) is 48.3 Å². The predicted octanol–water partition coefficient (Wildman–Crippen LogP) is 2.66. The fourth-order valence-corrected chi connectivity index (χ4v) is 3.68. The normalized spacial score (nSPS) is 18.8. The second kappa shape index (κ2) is 7.10. The van der Waals surface area contributed by atoms with Crippen molar-refractivity contribution in [2.24, 2.45) is 5.41 Å². The fraction of sp³-hybridized carbons (Fsp3) is 0.429. The molecule has 2 aromatic rings. The number of aromatic nitrogens is 2. The first-order valence-electron chi connectivity index (χ1n) is 9.53. The first kappa shape index (κ1) is 17.6. The molecule has 0 unspecified atom stereocenters. The number of nitrogens with one attached hydrogen (secondary N) is 1. The van der Waals surface area contributed by atoms with E-state index in [1.807, 2.05) is 35.2 Å². The van der Waals surface area contributed by atoms with E-state index in [-0.39, 0.29) is 11.8 Å². The lowest BCUT2D eigenvalue weighted by atomic mass is 9.93. The van der Waals surface area contributed by atoms with Crippen molar-refractivity contribution in [1.82, 2.24) is 20.2 Å². The highest BCUT2D eigenvalue weighted by Gasteiger charge is 2.45. The summed E-state index contributed by atoms with van der Waals surface area (Å²) in [4.78, 5) is 35.5. The average Bonchev–Trinajstić information content (AvgIpc) is 3.47. The average molecular weight is 364 g/mol. The van der Waals surface area contributed by atoms with Gasteiger partial charge in [-0.05, 0) is 38.0 Å². The van der Waals surface area contributed by atoms with Gasteiger partial charge in [0.05, 0.1) is 5.56 Å². The van der Waals surface area contributed by atoms with Gasteiger partial charge in [-0.25, -0.2) is 9.97 Å². The number of hydrogen-bond donors (Lipinski definition) is 1. The summed E-state index contributed by atoms with van der Waals surface area (Å²) < 4.78 is 0. The monoisotopic (exact) mass is 364 g/mol. The zero-order valence-corrected chi connectivity index (χ0v) is 15.5. The molecule has 0 bridgehead atoms. The van der Waals surface area contributed by atoms with Crippen LogP contribution in [0.4, 0.5) is 0 Å². The van der Waals surface area contributed by atoms with Crippen molar-refractivity contribution >= 4 is 11.8 Å². The summed E-state index contributed by atoms with van der Waals surface area (Å²) in [5, 5.41) is 2.78. The lowest BCUT2D eigenvalue weighted by Crippen LogP contribution is -2.49. The van der Waals surface area contributed by atoms with E-state index in [9.17, 15) is 9.59 Å². The van der Waals surface area contributed by atoms with Gasteiger partial charge in [0, 0.05) is 31.0 Å². The second-order valence-electron chi connectivity index (χ2n) is 7.68. The minimum Gasteiger partial charge on any atom is -0.341 e. The molecule has 27 heavy (non-hydrogen) atoms. The Morgan fingerprint density at radius 3 is 2.26 bits per heavy atom. The second-order valence-corrected chi connectivity index (χ2v) is 7.68. The van der Waals surface area contributed by atoms with Gasteiger partial charge in [0.1, 0.15) is 6.04 Å². The summed E-state index contributed by atoms with van der Waals surface area (Å²) in [5.41, 5.74) is 1.78. The van der Waals surface area contributed by atoms with Gasteiger partial charge < -0.3 is 10.2 Å². The number of likely N-dealkylation sites (tertiary alicyclic amines) is 1. The summed E-state index contributed by atoms with van der Waals surface area (Å²) in [6.45, 7) is 3.34. The number of rotatable bonds is 4. The van der Waals surface area contributed by atoms with Crippen LogP contribution in [0.5, 0.6) is 0 Å². The Morgan fingerprint density at radius 1 is 1.04 bits per heavy atom. The van der Waals surface area contributed by atoms with E-state index in [1.54, 1.807) is 6.92 Å². The minimum atomic E-state index is -0.556. The quantitative estimate of drug-likeness (QED) is 0.905. The number of benzene rings is 1. The van der Waals surface area contributed by atoms with Gasteiger partial charge in [0.2, 0.25) is 5.91 Å². The van der Waals surface area contributed by atoms with Crippen LogP contribution >= 0.6 is 0 Å². The van der Waals surface area contributed by atoms with Crippen molar-refractivity contribution in [3.63, 3.8) is 0 Å².